The van der Waals surface area contributed by atoms with Crippen LogP contribution in [0, 0.1) is 12.7 Å². The second-order valence-electron chi connectivity index (χ2n) is 6.10. The third-order valence-electron chi connectivity index (χ3n) is 3.99. The van der Waals surface area contributed by atoms with Crippen molar-refractivity contribution in [3.63, 3.8) is 0 Å². The number of benzene rings is 1. The maximum atomic E-state index is 14.2. The Morgan fingerprint density at radius 1 is 1.20 bits per heavy atom. The van der Waals surface area contributed by atoms with E-state index in [0.29, 0.717) is 5.56 Å². The monoisotopic (exact) mass is 280 g/mol. The number of carboxylic acids is 1. The highest BCUT2D eigenvalue weighted by atomic mass is 19.1. The number of carbonyl (C=O) groups is 1. The Kier molecular flexibility index (Phi) is 3.43. The zero-order valence-electron chi connectivity index (χ0n) is 12.3. The maximum absolute atomic E-state index is 14.2. The van der Waals surface area contributed by atoms with E-state index >= 15 is 0 Å². The molecular weight excluding hydrogens is 262 g/mol. The molecule has 1 saturated heterocycles. The van der Waals surface area contributed by atoms with Crippen molar-refractivity contribution >= 4 is 18.6 Å². The Balaban J connectivity index is 2.52. The standard InChI is InChI=1S/C14H18BFO4/c1-8-6-9(12(17)18)11(10(16)7-8)15-19-13(2,3)14(4,5)20-15/h6-7H,1-5H3,(H,17,18). The SMILES string of the molecule is Cc1cc(F)c(B2OC(C)(C)C(C)(C)O2)c(C(=O)O)c1. The van der Waals surface area contributed by atoms with Crippen LogP contribution < -0.4 is 5.46 Å². The molecule has 4 nitrogen and oxygen atoms in total. The summed E-state index contributed by atoms with van der Waals surface area (Å²) in [6.07, 6.45) is 0. The van der Waals surface area contributed by atoms with Crippen molar-refractivity contribution in [2.24, 2.45) is 0 Å². The lowest BCUT2D eigenvalue weighted by molar-refractivity contribution is 0.00578. The molecule has 108 valence electrons. The fourth-order valence-corrected chi connectivity index (χ4v) is 2.13. The van der Waals surface area contributed by atoms with Crippen LogP contribution >= 0.6 is 0 Å². The summed E-state index contributed by atoms with van der Waals surface area (Å²) < 4.78 is 25.7. The predicted molar refractivity (Wildman–Crippen MR) is 73.8 cm³/mol. The van der Waals surface area contributed by atoms with E-state index in [-0.39, 0.29) is 11.0 Å². The first-order chi connectivity index (χ1) is 9.05. The number of hydrogen-bond donors (Lipinski definition) is 1. The van der Waals surface area contributed by atoms with Gasteiger partial charge in [0.15, 0.2) is 0 Å². The molecule has 1 aliphatic heterocycles. The highest BCUT2D eigenvalue weighted by molar-refractivity contribution is 6.63. The zero-order valence-corrected chi connectivity index (χ0v) is 12.3. The van der Waals surface area contributed by atoms with Gasteiger partial charge in [0.1, 0.15) is 5.82 Å². The predicted octanol–water partition coefficient (Wildman–Crippen LogP) is 2.13. The van der Waals surface area contributed by atoms with E-state index in [1.807, 2.05) is 27.7 Å². The summed E-state index contributed by atoms with van der Waals surface area (Å²) in [7, 11) is -1.02. The molecule has 1 aromatic rings. The first-order valence-corrected chi connectivity index (χ1v) is 6.44. The number of aryl methyl sites for hydroxylation is 1. The molecule has 6 heteroatoms. The summed E-state index contributed by atoms with van der Waals surface area (Å²) in [4.78, 5) is 11.3. The normalized spacial score (nSPS) is 20.2. The summed E-state index contributed by atoms with van der Waals surface area (Å²) in [5.41, 5.74) is -0.932. The van der Waals surface area contributed by atoms with E-state index < -0.39 is 30.1 Å². The van der Waals surface area contributed by atoms with E-state index in [4.69, 9.17) is 9.31 Å². The lowest BCUT2D eigenvalue weighted by Gasteiger charge is -2.32. The second-order valence-corrected chi connectivity index (χ2v) is 6.10. The second kappa shape index (κ2) is 4.57. The van der Waals surface area contributed by atoms with Crippen molar-refractivity contribution < 1.29 is 23.6 Å². The number of rotatable bonds is 2. The maximum Gasteiger partial charge on any atom is 0.498 e. The zero-order chi connectivity index (χ0) is 15.3. The Morgan fingerprint density at radius 2 is 1.70 bits per heavy atom. The number of aromatic carboxylic acids is 1. The van der Waals surface area contributed by atoms with Gasteiger partial charge in [0.2, 0.25) is 0 Å². The average molecular weight is 280 g/mol. The number of hydrogen-bond acceptors (Lipinski definition) is 3. The van der Waals surface area contributed by atoms with Gasteiger partial charge in [-0.05, 0) is 52.3 Å². The van der Waals surface area contributed by atoms with E-state index in [2.05, 4.69) is 0 Å². The fourth-order valence-electron chi connectivity index (χ4n) is 2.13. The molecule has 1 N–H and O–H groups in total. The summed E-state index contributed by atoms with van der Waals surface area (Å²) in [5.74, 6) is -1.82. The van der Waals surface area contributed by atoms with Crippen molar-refractivity contribution in [2.75, 3.05) is 0 Å². The molecule has 0 saturated carbocycles. The van der Waals surface area contributed by atoms with Crippen LogP contribution in [0.25, 0.3) is 0 Å². The van der Waals surface area contributed by atoms with Crippen molar-refractivity contribution in [1.82, 2.24) is 0 Å². The van der Waals surface area contributed by atoms with Gasteiger partial charge in [0.05, 0.1) is 16.8 Å². The Bertz CT molecular complexity index is 553. The van der Waals surface area contributed by atoms with Crippen LogP contribution in [0.15, 0.2) is 12.1 Å². The quantitative estimate of drug-likeness (QED) is 0.843. The van der Waals surface area contributed by atoms with Gasteiger partial charge in [-0.15, -0.1) is 0 Å². The summed E-state index contributed by atoms with van der Waals surface area (Å²) in [6.45, 7) is 8.97. The summed E-state index contributed by atoms with van der Waals surface area (Å²) >= 11 is 0. The van der Waals surface area contributed by atoms with Crippen LogP contribution in [0.3, 0.4) is 0 Å². The molecule has 0 unspecified atom stereocenters. The molecule has 0 aromatic heterocycles. The van der Waals surface area contributed by atoms with E-state index in [1.54, 1.807) is 6.92 Å². The minimum Gasteiger partial charge on any atom is -0.478 e. The van der Waals surface area contributed by atoms with Gasteiger partial charge in [-0.25, -0.2) is 9.18 Å². The van der Waals surface area contributed by atoms with Crippen molar-refractivity contribution in [2.45, 2.75) is 45.8 Å². The van der Waals surface area contributed by atoms with Crippen LogP contribution in [0.4, 0.5) is 4.39 Å². The molecule has 1 aliphatic rings. The Labute approximate surface area is 118 Å². The molecule has 0 aliphatic carbocycles. The molecule has 20 heavy (non-hydrogen) atoms. The van der Waals surface area contributed by atoms with Crippen LogP contribution in [0.5, 0.6) is 0 Å². The topological polar surface area (TPSA) is 55.8 Å². The smallest absolute Gasteiger partial charge is 0.478 e. The average Bonchev–Trinajstić information content (AvgIpc) is 2.46. The van der Waals surface area contributed by atoms with Gasteiger partial charge in [0, 0.05) is 5.46 Å². The summed E-state index contributed by atoms with van der Waals surface area (Å²) in [6, 6.07) is 2.71. The van der Waals surface area contributed by atoms with Crippen molar-refractivity contribution in [3.05, 3.63) is 29.1 Å². The van der Waals surface area contributed by atoms with E-state index in [9.17, 15) is 14.3 Å². The van der Waals surface area contributed by atoms with Crippen LogP contribution in [0.1, 0.15) is 43.6 Å². The third-order valence-corrected chi connectivity index (χ3v) is 3.99. The molecular formula is C14H18BFO4. The lowest BCUT2D eigenvalue weighted by Crippen LogP contribution is -2.41. The highest BCUT2D eigenvalue weighted by Crippen LogP contribution is 2.37. The largest absolute Gasteiger partial charge is 0.498 e. The Hall–Kier alpha value is -1.40. The molecule has 0 spiro atoms. The molecule has 1 fully saturated rings. The molecule has 1 aromatic carbocycles. The van der Waals surface area contributed by atoms with Crippen LogP contribution in [-0.4, -0.2) is 29.4 Å². The third kappa shape index (κ3) is 2.34. The van der Waals surface area contributed by atoms with Gasteiger partial charge >= 0.3 is 13.1 Å². The van der Waals surface area contributed by atoms with E-state index in [1.165, 1.54) is 12.1 Å². The molecule has 0 bridgehead atoms. The molecule has 0 atom stereocenters. The lowest BCUT2D eigenvalue weighted by atomic mass is 9.75. The molecule has 0 radical (unpaired) electrons. The minimum absolute atomic E-state index is 0.0539. The molecule has 2 rings (SSSR count). The fraction of sp³-hybridized carbons (Fsp3) is 0.500. The van der Waals surface area contributed by atoms with Gasteiger partial charge in [-0.3, -0.25) is 0 Å². The first kappa shape index (κ1) is 15.0. The van der Waals surface area contributed by atoms with Crippen LogP contribution in [-0.2, 0) is 9.31 Å². The van der Waals surface area contributed by atoms with Crippen LogP contribution in [0.2, 0.25) is 0 Å². The van der Waals surface area contributed by atoms with Gasteiger partial charge in [0.25, 0.3) is 0 Å². The van der Waals surface area contributed by atoms with Crippen molar-refractivity contribution in [3.8, 4) is 0 Å². The first-order valence-electron chi connectivity index (χ1n) is 6.44. The summed E-state index contributed by atoms with van der Waals surface area (Å²) in [5, 5.41) is 9.26. The Morgan fingerprint density at radius 3 is 2.15 bits per heavy atom. The van der Waals surface area contributed by atoms with Gasteiger partial charge in [-0.2, -0.15) is 0 Å². The van der Waals surface area contributed by atoms with Crippen molar-refractivity contribution in [1.29, 1.82) is 0 Å². The molecule has 0 amide bonds. The number of carboxylic acid groups (broad SMARTS) is 1. The molecule has 1 heterocycles. The highest BCUT2D eigenvalue weighted by Gasteiger charge is 2.53. The number of halogens is 1. The van der Waals surface area contributed by atoms with Gasteiger partial charge < -0.3 is 14.4 Å². The van der Waals surface area contributed by atoms with E-state index in [0.717, 1.165) is 0 Å². The van der Waals surface area contributed by atoms with Gasteiger partial charge in [-0.1, -0.05) is 0 Å². The minimum atomic E-state index is -1.20.